The molecule has 0 bridgehead atoms. The van der Waals surface area contributed by atoms with Gasteiger partial charge in [-0.15, -0.1) is 0 Å². The first-order valence-corrected chi connectivity index (χ1v) is 7.17. The summed E-state index contributed by atoms with van der Waals surface area (Å²) in [5.74, 6) is 1.04. The summed E-state index contributed by atoms with van der Waals surface area (Å²) in [6.07, 6.45) is 5.73. The fourth-order valence-corrected chi connectivity index (χ4v) is 3.01. The Morgan fingerprint density at radius 1 is 1.38 bits per heavy atom. The van der Waals surface area contributed by atoms with Gasteiger partial charge in [0.15, 0.2) is 0 Å². The third-order valence-corrected chi connectivity index (χ3v) is 4.02. The van der Waals surface area contributed by atoms with Crippen molar-refractivity contribution in [1.82, 2.24) is 10.2 Å². The van der Waals surface area contributed by atoms with Gasteiger partial charge in [-0.05, 0) is 19.1 Å². The largest absolute Gasteiger partial charge is 0.340 e. The highest BCUT2D eigenvalue weighted by molar-refractivity contribution is 7.98. The minimum atomic E-state index is -0.548. The number of piperazine rings is 1. The minimum absolute atomic E-state index is 0.00241. The number of carbonyl (C=O) groups excluding carboxylic acids is 2. The summed E-state index contributed by atoms with van der Waals surface area (Å²) in [7, 11) is 0. The quantitative estimate of drug-likeness (QED) is 0.789. The lowest BCUT2D eigenvalue weighted by Gasteiger charge is -2.39. The number of rotatable bonds is 3. The van der Waals surface area contributed by atoms with Crippen LogP contribution in [0.4, 0.5) is 0 Å². The van der Waals surface area contributed by atoms with Gasteiger partial charge >= 0.3 is 0 Å². The van der Waals surface area contributed by atoms with Crippen molar-refractivity contribution < 1.29 is 9.59 Å². The predicted molar refractivity (Wildman–Crippen MR) is 64.3 cm³/mol. The number of hydrogen-bond donors (Lipinski definition) is 1. The van der Waals surface area contributed by atoms with Crippen LogP contribution in [0.3, 0.4) is 0 Å². The molecule has 0 aromatic carbocycles. The lowest BCUT2D eigenvalue weighted by atomic mass is 9.93. The van der Waals surface area contributed by atoms with Crippen LogP contribution in [0.1, 0.15) is 25.7 Å². The van der Waals surface area contributed by atoms with Crippen LogP contribution in [-0.4, -0.2) is 47.4 Å². The first kappa shape index (κ1) is 11.8. The number of hydrogen-bond acceptors (Lipinski definition) is 3. The summed E-state index contributed by atoms with van der Waals surface area (Å²) in [4.78, 5) is 25.7. The third kappa shape index (κ3) is 2.05. The first-order chi connectivity index (χ1) is 7.68. The maximum atomic E-state index is 12.3. The van der Waals surface area contributed by atoms with Crippen LogP contribution in [0.15, 0.2) is 0 Å². The van der Waals surface area contributed by atoms with Crippen molar-refractivity contribution in [1.29, 1.82) is 0 Å². The van der Waals surface area contributed by atoms with Gasteiger partial charge in [-0.25, -0.2) is 0 Å². The molecule has 2 aliphatic rings. The van der Waals surface area contributed by atoms with Crippen LogP contribution in [0.5, 0.6) is 0 Å². The molecule has 0 unspecified atom stereocenters. The van der Waals surface area contributed by atoms with Crippen LogP contribution in [-0.2, 0) is 9.59 Å². The highest BCUT2D eigenvalue weighted by atomic mass is 32.2. The summed E-state index contributed by atoms with van der Waals surface area (Å²) < 4.78 is 0. The molecule has 2 rings (SSSR count). The highest BCUT2D eigenvalue weighted by Crippen LogP contribution is 2.33. The molecule has 90 valence electrons. The lowest BCUT2D eigenvalue weighted by Crippen LogP contribution is -2.65. The predicted octanol–water partition coefficient (Wildman–Crippen LogP) is 0.621. The van der Waals surface area contributed by atoms with Gasteiger partial charge in [-0.1, -0.05) is 12.8 Å². The standard InChI is InChI=1S/C11H18N2O2S/c1-16-7-6-13-8-9(14)12-11(10(13)15)4-2-3-5-11/h2-8H2,1H3,(H,12,14). The molecule has 0 aromatic heterocycles. The maximum absolute atomic E-state index is 12.3. The van der Waals surface area contributed by atoms with Crippen molar-refractivity contribution in [3.8, 4) is 0 Å². The van der Waals surface area contributed by atoms with E-state index < -0.39 is 5.54 Å². The number of nitrogens with one attached hydrogen (secondary N) is 1. The molecule has 5 heteroatoms. The second kappa shape index (κ2) is 4.65. The van der Waals surface area contributed by atoms with Crippen molar-refractivity contribution in [2.75, 3.05) is 25.1 Å². The molecule has 2 amide bonds. The molecule has 1 aliphatic carbocycles. The van der Waals surface area contributed by atoms with Crippen LogP contribution >= 0.6 is 11.8 Å². The Morgan fingerprint density at radius 2 is 2.06 bits per heavy atom. The SMILES string of the molecule is CSCCN1CC(=O)NC2(CCCC2)C1=O. The van der Waals surface area contributed by atoms with E-state index in [1.807, 2.05) is 6.26 Å². The molecule has 0 aromatic rings. The Balaban J connectivity index is 2.09. The topological polar surface area (TPSA) is 49.4 Å². The van der Waals surface area contributed by atoms with Crippen molar-refractivity contribution in [2.24, 2.45) is 0 Å². The Hall–Kier alpha value is -0.710. The molecule has 0 radical (unpaired) electrons. The molecule has 1 saturated carbocycles. The molecule has 1 saturated heterocycles. The normalized spacial score (nSPS) is 23.9. The molecule has 1 spiro atoms. The molecule has 4 nitrogen and oxygen atoms in total. The maximum Gasteiger partial charge on any atom is 0.248 e. The fourth-order valence-electron chi connectivity index (χ4n) is 2.61. The van der Waals surface area contributed by atoms with Crippen LogP contribution in [0, 0.1) is 0 Å². The van der Waals surface area contributed by atoms with Gasteiger partial charge in [0.25, 0.3) is 0 Å². The van der Waals surface area contributed by atoms with Crippen molar-refractivity contribution in [2.45, 2.75) is 31.2 Å². The van der Waals surface area contributed by atoms with E-state index in [2.05, 4.69) is 5.32 Å². The molecule has 0 atom stereocenters. The molecular formula is C11H18N2O2S. The van der Waals surface area contributed by atoms with E-state index in [0.717, 1.165) is 31.4 Å². The summed E-state index contributed by atoms with van der Waals surface area (Å²) in [5, 5.41) is 2.91. The first-order valence-electron chi connectivity index (χ1n) is 5.77. The van der Waals surface area contributed by atoms with E-state index in [-0.39, 0.29) is 18.4 Å². The van der Waals surface area contributed by atoms with E-state index in [4.69, 9.17) is 0 Å². The van der Waals surface area contributed by atoms with Gasteiger partial charge in [0.05, 0.1) is 6.54 Å². The van der Waals surface area contributed by atoms with Gasteiger partial charge in [-0.2, -0.15) is 11.8 Å². The molecule has 1 N–H and O–H groups in total. The van der Waals surface area contributed by atoms with E-state index in [1.165, 1.54) is 0 Å². The van der Waals surface area contributed by atoms with Gasteiger partial charge < -0.3 is 10.2 Å². The Kier molecular flexibility index (Phi) is 3.42. The molecule has 1 heterocycles. The zero-order valence-electron chi connectivity index (χ0n) is 9.62. The summed E-state index contributed by atoms with van der Waals surface area (Å²) in [6.45, 7) is 0.927. The van der Waals surface area contributed by atoms with Gasteiger partial charge in [0.2, 0.25) is 11.8 Å². The van der Waals surface area contributed by atoms with E-state index >= 15 is 0 Å². The highest BCUT2D eigenvalue weighted by Gasteiger charge is 2.47. The smallest absolute Gasteiger partial charge is 0.248 e. The Bertz CT molecular complexity index is 300. The van der Waals surface area contributed by atoms with Crippen LogP contribution in [0.25, 0.3) is 0 Å². The second-order valence-corrected chi connectivity index (χ2v) is 5.54. The van der Waals surface area contributed by atoms with E-state index in [1.54, 1.807) is 16.7 Å². The van der Waals surface area contributed by atoms with Gasteiger partial charge in [-0.3, -0.25) is 9.59 Å². The monoisotopic (exact) mass is 242 g/mol. The van der Waals surface area contributed by atoms with Gasteiger partial charge in [0, 0.05) is 12.3 Å². The van der Waals surface area contributed by atoms with E-state index in [0.29, 0.717) is 6.54 Å². The minimum Gasteiger partial charge on any atom is -0.340 e. The zero-order chi connectivity index (χ0) is 11.6. The summed E-state index contributed by atoms with van der Waals surface area (Å²) in [6, 6.07) is 0. The van der Waals surface area contributed by atoms with Crippen molar-refractivity contribution in [3.05, 3.63) is 0 Å². The van der Waals surface area contributed by atoms with E-state index in [9.17, 15) is 9.59 Å². The molecule has 16 heavy (non-hydrogen) atoms. The van der Waals surface area contributed by atoms with Crippen molar-refractivity contribution in [3.63, 3.8) is 0 Å². The average Bonchev–Trinajstić information content (AvgIpc) is 2.71. The van der Waals surface area contributed by atoms with Crippen molar-refractivity contribution >= 4 is 23.6 Å². The number of amides is 2. The summed E-state index contributed by atoms with van der Waals surface area (Å²) in [5.41, 5.74) is -0.548. The van der Waals surface area contributed by atoms with Crippen LogP contribution in [0.2, 0.25) is 0 Å². The zero-order valence-corrected chi connectivity index (χ0v) is 10.4. The Morgan fingerprint density at radius 3 is 2.69 bits per heavy atom. The lowest BCUT2D eigenvalue weighted by molar-refractivity contribution is -0.149. The number of nitrogens with zero attached hydrogens (tertiary/aromatic N) is 1. The number of carbonyl (C=O) groups is 2. The molecule has 1 aliphatic heterocycles. The summed E-state index contributed by atoms with van der Waals surface area (Å²) >= 11 is 1.70. The van der Waals surface area contributed by atoms with Crippen LogP contribution < -0.4 is 5.32 Å². The third-order valence-electron chi connectivity index (χ3n) is 3.43. The average molecular weight is 242 g/mol. The van der Waals surface area contributed by atoms with Gasteiger partial charge in [0.1, 0.15) is 5.54 Å². The molecule has 2 fully saturated rings. The fraction of sp³-hybridized carbons (Fsp3) is 0.818. The molecular weight excluding hydrogens is 224 g/mol. The number of thioether (sulfide) groups is 1. The second-order valence-electron chi connectivity index (χ2n) is 4.56. The Labute approximate surface area is 100 Å².